The Balaban J connectivity index is 1.80. The van der Waals surface area contributed by atoms with E-state index in [2.05, 4.69) is 5.32 Å². The molecule has 2 heterocycles. The van der Waals surface area contributed by atoms with Crippen LogP contribution in [0.5, 0.6) is 0 Å². The number of carbonyl (C=O) groups is 3. The van der Waals surface area contributed by atoms with Crippen LogP contribution in [-0.2, 0) is 20.7 Å². The molecule has 2 aliphatic heterocycles. The summed E-state index contributed by atoms with van der Waals surface area (Å²) in [6.45, 7) is 3.90. The number of hydrogen-bond acceptors (Lipinski definition) is 4. The minimum atomic E-state index is -0.822. The van der Waals surface area contributed by atoms with Gasteiger partial charge in [-0.3, -0.25) is 9.59 Å². The second kappa shape index (κ2) is 5.68. The van der Waals surface area contributed by atoms with Crippen molar-refractivity contribution in [1.82, 2.24) is 10.2 Å². The van der Waals surface area contributed by atoms with Crippen molar-refractivity contribution in [2.45, 2.75) is 26.3 Å². The summed E-state index contributed by atoms with van der Waals surface area (Å²) in [6.07, 6.45) is -0.0709. The van der Waals surface area contributed by atoms with Gasteiger partial charge < -0.3 is 10.1 Å². The van der Waals surface area contributed by atoms with Gasteiger partial charge in [0.05, 0.1) is 17.4 Å². The summed E-state index contributed by atoms with van der Waals surface area (Å²) in [5, 5.41) is 2.71. The van der Waals surface area contributed by atoms with Crippen molar-refractivity contribution in [2.24, 2.45) is 11.3 Å². The van der Waals surface area contributed by atoms with E-state index in [9.17, 15) is 14.4 Å². The van der Waals surface area contributed by atoms with E-state index in [1.54, 1.807) is 13.8 Å². The zero-order valence-corrected chi connectivity index (χ0v) is 13.2. The van der Waals surface area contributed by atoms with Crippen LogP contribution in [0, 0.1) is 11.3 Å². The second-order valence-electron chi connectivity index (χ2n) is 6.61. The number of ether oxygens (including phenoxy) is 1. The predicted octanol–water partition coefficient (Wildman–Crippen LogP) is 1.35. The van der Waals surface area contributed by atoms with Crippen LogP contribution in [0.4, 0.5) is 4.79 Å². The molecule has 122 valence electrons. The largest absolute Gasteiger partial charge is 0.447 e. The molecule has 6 nitrogen and oxygen atoms in total. The highest BCUT2D eigenvalue weighted by Crippen LogP contribution is 2.34. The van der Waals surface area contributed by atoms with E-state index in [4.69, 9.17) is 4.74 Å². The topological polar surface area (TPSA) is 75.7 Å². The number of nitrogens with zero attached hydrogens (tertiary/aromatic N) is 1. The molecule has 3 rings (SSSR count). The molecule has 0 aliphatic carbocycles. The normalized spacial score (nSPS) is 26.1. The number of imide groups is 1. The number of carbonyl (C=O) groups excluding carboxylic acids is 3. The summed E-state index contributed by atoms with van der Waals surface area (Å²) < 4.78 is 5.09. The smallest absolute Gasteiger partial charge is 0.416 e. The molecule has 6 heteroatoms. The fourth-order valence-corrected chi connectivity index (χ4v) is 3.17. The van der Waals surface area contributed by atoms with Crippen LogP contribution < -0.4 is 5.32 Å². The zero-order valence-electron chi connectivity index (χ0n) is 13.2. The van der Waals surface area contributed by atoms with Crippen LogP contribution in [0.25, 0.3) is 0 Å². The fraction of sp³-hybridized carbons (Fsp3) is 0.471. The fourth-order valence-electron chi connectivity index (χ4n) is 3.17. The van der Waals surface area contributed by atoms with E-state index in [0.717, 1.165) is 5.56 Å². The lowest BCUT2D eigenvalue weighted by molar-refractivity contribution is -0.139. The van der Waals surface area contributed by atoms with Gasteiger partial charge in [-0.05, 0) is 12.0 Å². The molecule has 3 amide bonds. The standard InChI is InChI=1S/C17H20N2O4/c1-17(2)13(9-18-15(17)21)14(20)19-12(10-23-16(19)22)8-11-6-4-3-5-7-11/h3-7,12-13H,8-10H2,1-2H3,(H,18,21)/t12-,13-/m1/s1. The zero-order chi connectivity index (χ0) is 16.6. The van der Waals surface area contributed by atoms with E-state index < -0.39 is 17.4 Å². The Bertz CT molecular complexity index is 641. The van der Waals surface area contributed by atoms with Gasteiger partial charge in [0.1, 0.15) is 6.61 Å². The van der Waals surface area contributed by atoms with E-state index in [0.29, 0.717) is 6.42 Å². The molecule has 0 aromatic heterocycles. The third-order valence-corrected chi connectivity index (χ3v) is 4.73. The van der Waals surface area contributed by atoms with Crippen LogP contribution in [0.1, 0.15) is 19.4 Å². The van der Waals surface area contributed by atoms with Gasteiger partial charge in [0.2, 0.25) is 11.8 Å². The molecule has 1 aromatic carbocycles. The average molecular weight is 316 g/mol. The molecule has 2 atom stereocenters. The van der Waals surface area contributed by atoms with Crippen molar-refractivity contribution in [3.63, 3.8) is 0 Å². The Kier molecular flexibility index (Phi) is 3.83. The average Bonchev–Trinajstić information content (AvgIpc) is 3.00. The SMILES string of the molecule is CC1(C)C(=O)NC[C@@H]1C(=O)N1C(=O)OC[C@H]1Cc1ccccc1. The highest BCUT2D eigenvalue weighted by molar-refractivity contribution is 6.00. The molecule has 2 aliphatic rings. The third kappa shape index (κ3) is 2.69. The molecule has 0 radical (unpaired) electrons. The maximum atomic E-state index is 12.9. The van der Waals surface area contributed by atoms with Gasteiger partial charge in [0.15, 0.2) is 0 Å². The monoisotopic (exact) mass is 316 g/mol. The molecule has 0 unspecified atom stereocenters. The first-order valence-electron chi connectivity index (χ1n) is 7.73. The molecule has 1 aromatic rings. The van der Waals surface area contributed by atoms with Crippen molar-refractivity contribution in [3.05, 3.63) is 35.9 Å². The maximum Gasteiger partial charge on any atom is 0.416 e. The van der Waals surface area contributed by atoms with Gasteiger partial charge >= 0.3 is 6.09 Å². The molecule has 2 fully saturated rings. The third-order valence-electron chi connectivity index (χ3n) is 4.73. The highest BCUT2D eigenvalue weighted by atomic mass is 16.6. The maximum absolute atomic E-state index is 12.9. The van der Waals surface area contributed by atoms with Gasteiger partial charge in [0, 0.05) is 6.54 Å². The first-order chi connectivity index (χ1) is 10.9. The van der Waals surface area contributed by atoms with Gasteiger partial charge in [-0.1, -0.05) is 44.2 Å². The van der Waals surface area contributed by atoms with E-state index in [1.165, 1.54) is 4.90 Å². The summed E-state index contributed by atoms with van der Waals surface area (Å²) in [7, 11) is 0. The van der Waals surface area contributed by atoms with E-state index >= 15 is 0 Å². The molecule has 0 bridgehead atoms. The number of amides is 3. The number of rotatable bonds is 3. The van der Waals surface area contributed by atoms with Gasteiger partial charge in [0.25, 0.3) is 0 Å². The molecule has 23 heavy (non-hydrogen) atoms. The van der Waals surface area contributed by atoms with Crippen LogP contribution in [-0.4, -0.2) is 42.0 Å². The minimum absolute atomic E-state index is 0.164. The van der Waals surface area contributed by atoms with Crippen molar-refractivity contribution >= 4 is 17.9 Å². The van der Waals surface area contributed by atoms with Gasteiger partial charge in [-0.25, -0.2) is 9.69 Å². The van der Waals surface area contributed by atoms with Crippen LogP contribution in [0.2, 0.25) is 0 Å². The van der Waals surface area contributed by atoms with Crippen molar-refractivity contribution in [1.29, 1.82) is 0 Å². The first kappa shape index (κ1) is 15.5. The molecule has 2 saturated heterocycles. The summed E-state index contributed by atoms with van der Waals surface area (Å²) in [6, 6.07) is 9.33. The summed E-state index contributed by atoms with van der Waals surface area (Å²) in [5.74, 6) is -1.06. The molecule has 1 N–H and O–H groups in total. The highest BCUT2D eigenvalue weighted by Gasteiger charge is 2.51. The molecule has 0 saturated carbocycles. The van der Waals surface area contributed by atoms with Crippen LogP contribution >= 0.6 is 0 Å². The van der Waals surface area contributed by atoms with Gasteiger partial charge in [-0.15, -0.1) is 0 Å². The predicted molar refractivity (Wildman–Crippen MR) is 82.4 cm³/mol. The minimum Gasteiger partial charge on any atom is -0.447 e. The Morgan fingerprint density at radius 2 is 2.00 bits per heavy atom. The molecule has 0 spiro atoms. The Morgan fingerprint density at radius 3 is 2.61 bits per heavy atom. The number of nitrogens with one attached hydrogen (secondary N) is 1. The lowest BCUT2D eigenvalue weighted by Crippen LogP contribution is -2.47. The summed E-state index contributed by atoms with van der Waals surface area (Å²) in [5.41, 5.74) is 0.213. The lowest BCUT2D eigenvalue weighted by Gasteiger charge is -2.28. The van der Waals surface area contributed by atoms with Crippen molar-refractivity contribution < 1.29 is 19.1 Å². The van der Waals surface area contributed by atoms with Crippen LogP contribution in [0.15, 0.2) is 30.3 Å². The number of cyclic esters (lactones) is 1. The number of hydrogen-bond donors (Lipinski definition) is 1. The van der Waals surface area contributed by atoms with Crippen molar-refractivity contribution in [3.8, 4) is 0 Å². The van der Waals surface area contributed by atoms with E-state index in [-0.39, 0.29) is 31.0 Å². The summed E-state index contributed by atoms with van der Waals surface area (Å²) >= 11 is 0. The summed E-state index contributed by atoms with van der Waals surface area (Å²) in [4.78, 5) is 38.0. The van der Waals surface area contributed by atoms with Gasteiger partial charge in [-0.2, -0.15) is 0 Å². The first-order valence-corrected chi connectivity index (χ1v) is 7.73. The molecular formula is C17H20N2O4. The Morgan fingerprint density at radius 1 is 1.30 bits per heavy atom. The second-order valence-corrected chi connectivity index (χ2v) is 6.61. The quantitative estimate of drug-likeness (QED) is 0.913. The van der Waals surface area contributed by atoms with E-state index in [1.807, 2.05) is 30.3 Å². The Hall–Kier alpha value is -2.37. The lowest BCUT2D eigenvalue weighted by atomic mass is 9.80. The Labute approximate surface area is 134 Å². The molecular weight excluding hydrogens is 296 g/mol. The van der Waals surface area contributed by atoms with Crippen LogP contribution in [0.3, 0.4) is 0 Å². The van der Waals surface area contributed by atoms with Crippen molar-refractivity contribution in [2.75, 3.05) is 13.2 Å². The number of benzene rings is 1.